The average molecular weight is 473 g/mol. The van der Waals surface area contributed by atoms with Gasteiger partial charge in [0, 0.05) is 25.0 Å². The summed E-state index contributed by atoms with van der Waals surface area (Å²) in [7, 11) is 1.63. The number of carbonyl (C=O) groups is 2. The summed E-state index contributed by atoms with van der Waals surface area (Å²) in [4.78, 5) is 38.2. The Bertz CT molecular complexity index is 1180. The zero-order chi connectivity index (χ0) is 24.9. The number of nitrogens with zero attached hydrogens (tertiary/aromatic N) is 4. The van der Waals surface area contributed by atoms with Crippen molar-refractivity contribution in [2.45, 2.75) is 39.7 Å². The quantitative estimate of drug-likeness (QED) is 0.504. The number of carbonyl (C=O) groups excluding carboxylic acids is 2. The van der Waals surface area contributed by atoms with Crippen molar-refractivity contribution in [3.63, 3.8) is 0 Å². The number of hydrogen-bond donors (Lipinski definition) is 2. The molecule has 0 spiro atoms. The fourth-order valence-corrected chi connectivity index (χ4v) is 4.07. The predicted octanol–water partition coefficient (Wildman–Crippen LogP) is 4.43. The van der Waals surface area contributed by atoms with Crippen molar-refractivity contribution in [1.82, 2.24) is 15.3 Å². The third kappa shape index (κ3) is 5.42. The first kappa shape index (κ1) is 24.2. The van der Waals surface area contributed by atoms with Crippen LogP contribution in [-0.4, -0.2) is 41.4 Å². The van der Waals surface area contributed by atoms with E-state index in [1.54, 1.807) is 18.1 Å². The van der Waals surface area contributed by atoms with Crippen molar-refractivity contribution in [3.8, 4) is 0 Å². The summed E-state index contributed by atoms with van der Waals surface area (Å²) in [5.41, 5.74) is 3.21. The average Bonchev–Trinajstić information content (AvgIpc) is 2.86. The molecule has 1 atom stereocenters. The van der Waals surface area contributed by atoms with Gasteiger partial charge in [0.15, 0.2) is 5.82 Å². The van der Waals surface area contributed by atoms with Crippen molar-refractivity contribution >= 4 is 40.6 Å². The molecule has 4 rings (SSSR count). The Hall–Kier alpha value is -3.94. The molecule has 2 heterocycles. The van der Waals surface area contributed by atoms with Gasteiger partial charge in [0.25, 0.3) is 5.91 Å². The first-order valence-corrected chi connectivity index (χ1v) is 12.0. The number of para-hydroxylation sites is 1. The molecule has 182 valence electrons. The molecule has 35 heavy (non-hydrogen) atoms. The first-order chi connectivity index (χ1) is 16.9. The molecule has 3 aromatic rings. The van der Waals surface area contributed by atoms with E-state index in [4.69, 9.17) is 4.98 Å². The summed E-state index contributed by atoms with van der Waals surface area (Å²) in [5, 5.41) is 5.89. The molecular formula is C27H32N6O2. The van der Waals surface area contributed by atoms with Crippen molar-refractivity contribution in [2.24, 2.45) is 5.92 Å². The lowest BCUT2D eigenvalue weighted by Crippen LogP contribution is -2.51. The van der Waals surface area contributed by atoms with Crippen LogP contribution in [0.25, 0.3) is 0 Å². The van der Waals surface area contributed by atoms with Gasteiger partial charge in [0.1, 0.15) is 11.7 Å². The van der Waals surface area contributed by atoms with Gasteiger partial charge in [-0.15, -0.1) is 0 Å². The minimum atomic E-state index is -0.354. The molecule has 0 radical (unpaired) electrons. The van der Waals surface area contributed by atoms with Crippen LogP contribution >= 0.6 is 0 Å². The summed E-state index contributed by atoms with van der Waals surface area (Å²) in [6.07, 6.45) is 2.99. The maximum atomic E-state index is 13.4. The number of fused-ring (bicyclic) bond motifs is 1. The number of rotatable bonds is 8. The van der Waals surface area contributed by atoms with Gasteiger partial charge in [-0.05, 0) is 49.1 Å². The molecule has 1 aliphatic rings. The third-order valence-electron chi connectivity index (χ3n) is 6.12. The zero-order valence-electron chi connectivity index (χ0n) is 20.7. The summed E-state index contributed by atoms with van der Waals surface area (Å²) >= 11 is 0. The molecule has 0 fully saturated rings. The highest BCUT2D eigenvalue weighted by atomic mass is 16.2. The van der Waals surface area contributed by atoms with Crippen molar-refractivity contribution in [2.75, 3.05) is 28.7 Å². The van der Waals surface area contributed by atoms with Crippen molar-refractivity contribution in [1.29, 1.82) is 0 Å². The van der Waals surface area contributed by atoms with Gasteiger partial charge in [0.05, 0.1) is 12.6 Å². The minimum Gasteiger partial charge on any atom is -0.359 e. The number of amides is 2. The van der Waals surface area contributed by atoms with E-state index in [1.165, 1.54) is 0 Å². The van der Waals surface area contributed by atoms with E-state index in [0.717, 1.165) is 35.7 Å². The smallest absolute Gasteiger partial charge is 0.254 e. The lowest BCUT2D eigenvalue weighted by molar-refractivity contribution is -0.120. The van der Waals surface area contributed by atoms with Crippen LogP contribution in [0.15, 0.2) is 60.8 Å². The number of nitrogens with one attached hydrogen (secondary N) is 2. The molecule has 8 nitrogen and oxygen atoms in total. The van der Waals surface area contributed by atoms with Crippen molar-refractivity contribution in [3.05, 3.63) is 66.4 Å². The molecule has 2 N–H and O–H groups in total. The molecule has 1 unspecified atom stereocenters. The number of anilines is 5. The Morgan fingerprint density at radius 2 is 1.80 bits per heavy atom. The molecule has 1 aromatic heterocycles. The Labute approximate surface area is 206 Å². The summed E-state index contributed by atoms with van der Waals surface area (Å²) in [5.74, 6) is 1.66. The van der Waals surface area contributed by atoms with Gasteiger partial charge in [-0.1, -0.05) is 44.2 Å². The largest absolute Gasteiger partial charge is 0.359 e. The highest BCUT2D eigenvalue weighted by Crippen LogP contribution is 2.39. The molecule has 2 aromatic carbocycles. The van der Waals surface area contributed by atoms with E-state index in [1.807, 2.05) is 61.5 Å². The fraction of sp³-hybridized carbons (Fsp3) is 0.333. The van der Waals surface area contributed by atoms with Gasteiger partial charge in [-0.3, -0.25) is 14.5 Å². The summed E-state index contributed by atoms with van der Waals surface area (Å²) < 4.78 is 0. The van der Waals surface area contributed by atoms with Crippen LogP contribution in [0.5, 0.6) is 0 Å². The molecule has 0 aliphatic carbocycles. The van der Waals surface area contributed by atoms with Gasteiger partial charge in [-0.25, -0.2) is 4.98 Å². The summed E-state index contributed by atoms with van der Waals surface area (Å²) in [6.45, 7) is 7.01. The lowest BCUT2D eigenvalue weighted by Gasteiger charge is -2.40. The maximum absolute atomic E-state index is 13.4. The minimum absolute atomic E-state index is 0.00321. The SMILES string of the molecule is CNC(=O)Cc1ccc(Nc2ncc3c(n2)N(CCC(C)C)C(C)C(=O)N3c2ccccc2)cc1. The molecule has 1 aliphatic heterocycles. The van der Waals surface area contributed by atoms with E-state index in [9.17, 15) is 9.59 Å². The first-order valence-electron chi connectivity index (χ1n) is 12.0. The Balaban J connectivity index is 1.66. The normalized spacial score (nSPS) is 15.2. The monoisotopic (exact) mass is 472 g/mol. The fourth-order valence-electron chi connectivity index (χ4n) is 4.07. The Kier molecular flexibility index (Phi) is 7.29. The van der Waals surface area contributed by atoms with E-state index >= 15 is 0 Å². The second kappa shape index (κ2) is 10.5. The van der Waals surface area contributed by atoms with Crippen LogP contribution in [0.4, 0.5) is 28.8 Å². The molecule has 0 bridgehead atoms. The van der Waals surface area contributed by atoms with E-state index in [-0.39, 0.29) is 17.9 Å². The van der Waals surface area contributed by atoms with Crippen LogP contribution in [0.3, 0.4) is 0 Å². The van der Waals surface area contributed by atoms with Crippen LogP contribution in [0.1, 0.15) is 32.8 Å². The van der Waals surface area contributed by atoms with Crippen LogP contribution in [0, 0.1) is 5.92 Å². The van der Waals surface area contributed by atoms with Gasteiger partial charge >= 0.3 is 0 Å². The Morgan fingerprint density at radius 1 is 1.09 bits per heavy atom. The second-order valence-electron chi connectivity index (χ2n) is 9.14. The van der Waals surface area contributed by atoms with E-state index in [2.05, 4.69) is 34.4 Å². The molecule has 2 amide bonds. The van der Waals surface area contributed by atoms with E-state index in [0.29, 0.717) is 24.0 Å². The van der Waals surface area contributed by atoms with Gasteiger partial charge in [-0.2, -0.15) is 4.98 Å². The molecule has 8 heteroatoms. The standard InChI is InChI=1S/C27H32N6O2/c1-18(2)14-15-32-19(3)26(35)33(22-8-6-5-7-9-22)23-17-29-27(31-25(23)32)30-21-12-10-20(11-13-21)16-24(34)28-4/h5-13,17-19H,14-16H2,1-4H3,(H,28,34)(H,29,30,31). The molecule has 0 saturated carbocycles. The highest BCUT2D eigenvalue weighted by molar-refractivity contribution is 6.09. The number of likely N-dealkylation sites (N-methyl/N-ethyl adjacent to an activating group) is 1. The Morgan fingerprint density at radius 3 is 2.46 bits per heavy atom. The highest BCUT2D eigenvalue weighted by Gasteiger charge is 2.37. The predicted molar refractivity (Wildman–Crippen MR) is 139 cm³/mol. The molecule has 0 saturated heterocycles. The second-order valence-corrected chi connectivity index (χ2v) is 9.14. The number of aromatic nitrogens is 2. The van der Waals surface area contributed by atoms with Crippen LogP contribution < -0.4 is 20.4 Å². The van der Waals surface area contributed by atoms with Gasteiger partial charge < -0.3 is 15.5 Å². The van der Waals surface area contributed by atoms with Crippen LogP contribution in [-0.2, 0) is 16.0 Å². The number of benzene rings is 2. The molecular weight excluding hydrogens is 440 g/mol. The lowest BCUT2D eigenvalue weighted by atomic mass is 10.1. The zero-order valence-corrected chi connectivity index (χ0v) is 20.7. The van der Waals surface area contributed by atoms with Gasteiger partial charge in [0.2, 0.25) is 11.9 Å². The van der Waals surface area contributed by atoms with E-state index < -0.39 is 0 Å². The van der Waals surface area contributed by atoms with Crippen LogP contribution in [0.2, 0.25) is 0 Å². The number of hydrogen-bond acceptors (Lipinski definition) is 6. The van der Waals surface area contributed by atoms with Crippen molar-refractivity contribution < 1.29 is 9.59 Å². The third-order valence-corrected chi connectivity index (χ3v) is 6.12. The summed E-state index contributed by atoms with van der Waals surface area (Å²) in [6, 6.07) is 16.9. The topological polar surface area (TPSA) is 90.5 Å². The maximum Gasteiger partial charge on any atom is 0.254 e.